The second-order valence-electron chi connectivity index (χ2n) is 4.83. The average molecular weight is 294 g/mol. The molecule has 108 valence electrons. The van der Waals surface area contributed by atoms with E-state index < -0.39 is 0 Å². The van der Waals surface area contributed by atoms with Crippen LogP contribution in [0.3, 0.4) is 0 Å². The Morgan fingerprint density at radius 3 is 2.55 bits per heavy atom. The van der Waals surface area contributed by atoms with E-state index >= 15 is 0 Å². The van der Waals surface area contributed by atoms with Crippen molar-refractivity contribution in [2.75, 3.05) is 6.61 Å². The van der Waals surface area contributed by atoms with E-state index in [4.69, 9.17) is 16.7 Å². The lowest BCUT2D eigenvalue weighted by atomic mass is 10.2. The van der Waals surface area contributed by atoms with E-state index in [0.717, 1.165) is 29.5 Å². The lowest BCUT2D eigenvalue weighted by Gasteiger charge is -2.06. The minimum absolute atomic E-state index is 0.111. The molecule has 2 rings (SSSR count). The summed E-state index contributed by atoms with van der Waals surface area (Å²) in [5.74, 6) is 0. The van der Waals surface area contributed by atoms with Crippen LogP contribution in [-0.2, 0) is 19.6 Å². The molecule has 4 nitrogen and oxygen atoms in total. The normalized spacial score (nSPS) is 11.0. The van der Waals surface area contributed by atoms with Crippen molar-refractivity contribution >= 4 is 11.6 Å². The van der Waals surface area contributed by atoms with E-state index in [2.05, 4.69) is 10.4 Å². The van der Waals surface area contributed by atoms with Gasteiger partial charge in [0.05, 0.1) is 18.8 Å². The molecule has 1 aromatic heterocycles. The Labute approximate surface area is 124 Å². The second kappa shape index (κ2) is 6.88. The molecule has 0 aliphatic carbocycles. The molecule has 0 bridgehead atoms. The molecule has 0 aliphatic rings. The van der Waals surface area contributed by atoms with Crippen LogP contribution in [0.15, 0.2) is 24.3 Å². The Bertz CT molecular complexity index is 563. The summed E-state index contributed by atoms with van der Waals surface area (Å²) < 4.78 is 1.86. The molecule has 0 aliphatic heterocycles. The molecule has 2 aromatic rings. The number of rotatable bonds is 6. The van der Waals surface area contributed by atoms with E-state index in [-0.39, 0.29) is 6.61 Å². The Balaban J connectivity index is 1.95. The van der Waals surface area contributed by atoms with Gasteiger partial charge in [-0.15, -0.1) is 0 Å². The number of halogens is 1. The highest BCUT2D eigenvalue weighted by molar-refractivity contribution is 6.30. The van der Waals surface area contributed by atoms with E-state index in [1.54, 1.807) is 0 Å². The maximum Gasteiger partial charge on any atom is 0.0644 e. The first-order chi connectivity index (χ1) is 9.61. The molecule has 20 heavy (non-hydrogen) atoms. The molecule has 0 amide bonds. The van der Waals surface area contributed by atoms with Gasteiger partial charge in [0, 0.05) is 29.4 Å². The van der Waals surface area contributed by atoms with E-state index in [9.17, 15) is 0 Å². The molecule has 1 heterocycles. The topological polar surface area (TPSA) is 50.1 Å². The van der Waals surface area contributed by atoms with E-state index in [1.165, 1.54) is 11.1 Å². The van der Waals surface area contributed by atoms with Crippen LogP contribution in [0.4, 0.5) is 0 Å². The molecular formula is C15H20ClN3O. The average Bonchev–Trinajstić information content (AvgIpc) is 2.69. The molecular weight excluding hydrogens is 274 g/mol. The third-order valence-electron chi connectivity index (χ3n) is 3.39. The van der Waals surface area contributed by atoms with Crippen molar-refractivity contribution in [2.24, 2.45) is 0 Å². The summed E-state index contributed by atoms with van der Waals surface area (Å²) in [6.07, 6.45) is 0. The van der Waals surface area contributed by atoms with Crippen LogP contribution < -0.4 is 5.32 Å². The van der Waals surface area contributed by atoms with Gasteiger partial charge < -0.3 is 10.4 Å². The maximum absolute atomic E-state index is 9.00. The fourth-order valence-electron chi connectivity index (χ4n) is 2.24. The van der Waals surface area contributed by atoms with Gasteiger partial charge in [-0.1, -0.05) is 23.7 Å². The van der Waals surface area contributed by atoms with Crippen molar-refractivity contribution < 1.29 is 5.11 Å². The van der Waals surface area contributed by atoms with Crippen molar-refractivity contribution in [1.82, 2.24) is 15.1 Å². The standard InChI is InChI=1S/C15H20ClN3O/c1-11-15(12(2)19(18-11)7-8-20)10-17-9-13-3-5-14(16)6-4-13/h3-6,17,20H,7-10H2,1-2H3. The van der Waals surface area contributed by atoms with Gasteiger partial charge in [0.25, 0.3) is 0 Å². The SMILES string of the molecule is Cc1nn(CCO)c(C)c1CNCc1ccc(Cl)cc1. The van der Waals surface area contributed by atoms with Crippen LogP contribution in [0.25, 0.3) is 0 Å². The first kappa shape index (κ1) is 15.0. The predicted molar refractivity (Wildman–Crippen MR) is 80.8 cm³/mol. The molecule has 1 aromatic carbocycles. The number of hydrogen-bond donors (Lipinski definition) is 2. The number of aliphatic hydroxyl groups excluding tert-OH is 1. The number of hydrogen-bond acceptors (Lipinski definition) is 3. The lowest BCUT2D eigenvalue weighted by molar-refractivity contribution is 0.267. The number of aromatic nitrogens is 2. The van der Waals surface area contributed by atoms with Crippen molar-refractivity contribution in [3.8, 4) is 0 Å². The van der Waals surface area contributed by atoms with Gasteiger partial charge in [-0.25, -0.2) is 0 Å². The molecule has 2 N–H and O–H groups in total. The van der Waals surface area contributed by atoms with Gasteiger partial charge >= 0.3 is 0 Å². The molecule has 0 saturated heterocycles. The summed E-state index contributed by atoms with van der Waals surface area (Å²) in [5.41, 5.74) is 4.53. The summed E-state index contributed by atoms with van der Waals surface area (Å²) in [4.78, 5) is 0. The summed E-state index contributed by atoms with van der Waals surface area (Å²) >= 11 is 5.86. The second-order valence-corrected chi connectivity index (χ2v) is 5.26. The highest BCUT2D eigenvalue weighted by Crippen LogP contribution is 2.13. The van der Waals surface area contributed by atoms with Crippen molar-refractivity contribution in [1.29, 1.82) is 0 Å². The number of aliphatic hydroxyl groups is 1. The number of aryl methyl sites for hydroxylation is 1. The zero-order chi connectivity index (χ0) is 14.5. The molecule has 0 radical (unpaired) electrons. The van der Waals surface area contributed by atoms with Gasteiger partial charge in [0.2, 0.25) is 0 Å². The lowest BCUT2D eigenvalue weighted by Crippen LogP contribution is -2.14. The van der Waals surface area contributed by atoms with Crippen LogP contribution in [0, 0.1) is 13.8 Å². The largest absolute Gasteiger partial charge is 0.394 e. The van der Waals surface area contributed by atoms with Gasteiger partial charge in [-0.3, -0.25) is 4.68 Å². The van der Waals surface area contributed by atoms with E-state index in [0.29, 0.717) is 6.54 Å². The molecule has 0 unspecified atom stereocenters. The summed E-state index contributed by atoms with van der Waals surface area (Å²) in [7, 11) is 0. The minimum atomic E-state index is 0.111. The molecule has 0 saturated carbocycles. The zero-order valence-corrected chi connectivity index (χ0v) is 12.6. The summed E-state index contributed by atoms with van der Waals surface area (Å²) in [6.45, 7) is 6.26. The van der Waals surface area contributed by atoms with Gasteiger partial charge in [-0.05, 0) is 31.5 Å². The van der Waals surface area contributed by atoms with Gasteiger partial charge in [-0.2, -0.15) is 5.10 Å². The number of nitrogens with zero attached hydrogens (tertiary/aromatic N) is 2. The minimum Gasteiger partial charge on any atom is -0.394 e. The van der Waals surface area contributed by atoms with Gasteiger partial charge in [0.1, 0.15) is 0 Å². The molecule has 0 atom stereocenters. The Morgan fingerprint density at radius 1 is 1.20 bits per heavy atom. The van der Waals surface area contributed by atoms with Crippen LogP contribution in [0.2, 0.25) is 5.02 Å². The smallest absolute Gasteiger partial charge is 0.0644 e. The molecule has 0 fully saturated rings. The fraction of sp³-hybridized carbons (Fsp3) is 0.400. The van der Waals surface area contributed by atoms with Crippen molar-refractivity contribution in [2.45, 2.75) is 33.5 Å². The molecule has 5 heteroatoms. The van der Waals surface area contributed by atoms with Crippen LogP contribution >= 0.6 is 11.6 Å². The van der Waals surface area contributed by atoms with Gasteiger partial charge in [0.15, 0.2) is 0 Å². The number of nitrogens with one attached hydrogen (secondary N) is 1. The summed E-state index contributed by atoms with van der Waals surface area (Å²) in [5, 5.41) is 17.6. The highest BCUT2D eigenvalue weighted by Gasteiger charge is 2.10. The van der Waals surface area contributed by atoms with Crippen molar-refractivity contribution in [3.05, 3.63) is 51.8 Å². The van der Waals surface area contributed by atoms with Crippen LogP contribution in [-0.4, -0.2) is 21.5 Å². The summed E-state index contributed by atoms with van der Waals surface area (Å²) in [6, 6.07) is 7.83. The van der Waals surface area contributed by atoms with Crippen LogP contribution in [0.5, 0.6) is 0 Å². The maximum atomic E-state index is 9.00. The molecule has 0 spiro atoms. The quantitative estimate of drug-likeness (QED) is 0.860. The van der Waals surface area contributed by atoms with Crippen molar-refractivity contribution in [3.63, 3.8) is 0 Å². The number of benzene rings is 1. The van der Waals surface area contributed by atoms with E-state index in [1.807, 2.05) is 42.8 Å². The first-order valence-corrected chi connectivity index (χ1v) is 7.08. The third kappa shape index (κ3) is 3.60. The van der Waals surface area contributed by atoms with Crippen LogP contribution in [0.1, 0.15) is 22.5 Å². The fourth-order valence-corrected chi connectivity index (χ4v) is 2.36. The highest BCUT2D eigenvalue weighted by atomic mass is 35.5. The Hall–Kier alpha value is -1.36. The zero-order valence-electron chi connectivity index (χ0n) is 11.9. The monoisotopic (exact) mass is 293 g/mol. The Morgan fingerprint density at radius 2 is 1.90 bits per heavy atom. The third-order valence-corrected chi connectivity index (χ3v) is 3.64. The Kier molecular flexibility index (Phi) is 5.17. The first-order valence-electron chi connectivity index (χ1n) is 6.70. The predicted octanol–water partition coefficient (Wildman–Crippen LogP) is 2.44.